The molecule has 0 aromatic heterocycles. The summed E-state index contributed by atoms with van der Waals surface area (Å²) >= 11 is 0. The zero-order chi connectivity index (χ0) is 17.1. The van der Waals surface area contributed by atoms with Crippen molar-refractivity contribution in [1.82, 2.24) is 15.5 Å². The molecule has 6 heteroatoms. The zero-order valence-corrected chi connectivity index (χ0v) is 17.7. The van der Waals surface area contributed by atoms with Crippen LogP contribution in [0.3, 0.4) is 0 Å². The van der Waals surface area contributed by atoms with E-state index in [1.165, 1.54) is 36.8 Å². The third-order valence-corrected chi connectivity index (χ3v) is 5.62. The number of carbonyl (C=O) groups is 1. The number of amides is 1. The maximum absolute atomic E-state index is 12.4. The van der Waals surface area contributed by atoms with Gasteiger partial charge in [0.05, 0.1) is 6.04 Å². The van der Waals surface area contributed by atoms with Crippen LogP contribution in [0.15, 0.2) is 24.3 Å². The van der Waals surface area contributed by atoms with Crippen molar-refractivity contribution in [2.75, 3.05) is 20.6 Å². The number of hydrogen-bond donors (Lipinski definition) is 2. The average Bonchev–Trinajstić information content (AvgIpc) is 2.87. The Labute approximate surface area is 170 Å². The number of carbonyl (C=O) groups excluding carboxylic acids is 1. The highest BCUT2D eigenvalue weighted by Gasteiger charge is 2.34. The number of likely N-dealkylation sites (N-methyl/N-ethyl adjacent to an activating group) is 1. The second-order valence-electron chi connectivity index (χ2n) is 7.87. The monoisotopic (exact) mass is 401 g/mol. The Hall–Kier alpha value is -0.810. The average molecular weight is 402 g/mol. The van der Waals surface area contributed by atoms with Crippen LogP contribution in [0, 0.1) is 12.8 Å². The van der Waals surface area contributed by atoms with Crippen LogP contribution < -0.4 is 10.6 Å². The molecular weight excluding hydrogens is 369 g/mol. The van der Waals surface area contributed by atoms with Gasteiger partial charge in [-0.25, -0.2) is 0 Å². The summed E-state index contributed by atoms with van der Waals surface area (Å²) < 4.78 is 0. The highest BCUT2D eigenvalue weighted by molar-refractivity contribution is 5.85. The first-order chi connectivity index (χ1) is 11.5. The van der Waals surface area contributed by atoms with Gasteiger partial charge in [0, 0.05) is 25.0 Å². The highest BCUT2D eigenvalue weighted by atomic mass is 35.5. The molecular formula is C20H33Cl2N3O. The fraction of sp³-hybridized carbons (Fsp3) is 0.650. The van der Waals surface area contributed by atoms with Crippen LogP contribution in [0.5, 0.6) is 0 Å². The molecule has 3 unspecified atom stereocenters. The van der Waals surface area contributed by atoms with Gasteiger partial charge in [0.15, 0.2) is 0 Å². The Morgan fingerprint density at radius 2 is 1.73 bits per heavy atom. The SMILES string of the molecule is Cc1ccc(C(CNC(=O)CC2CC3CCC(C2)N3)N(C)C)cc1.Cl.Cl. The minimum atomic E-state index is 0. The number of hydrogen-bond acceptors (Lipinski definition) is 3. The molecule has 2 heterocycles. The summed E-state index contributed by atoms with van der Waals surface area (Å²) in [5, 5.41) is 6.82. The maximum atomic E-state index is 12.4. The molecule has 2 bridgehead atoms. The van der Waals surface area contributed by atoms with Gasteiger partial charge in [0.1, 0.15) is 0 Å². The summed E-state index contributed by atoms with van der Waals surface area (Å²) in [7, 11) is 4.14. The number of benzene rings is 1. The first-order valence-electron chi connectivity index (χ1n) is 9.27. The highest BCUT2D eigenvalue weighted by Crippen LogP contribution is 2.32. The molecule has 0 aliphatic carbocycles. The van der Waals surface area contributed by atoms with Gasteiger partial charge in [-0.15, -0.1) is 24.8 Å². The van der Waals surface area contributed by atoms with Gasteiger partial charge in [-0.05, 0) is 58.2 Å². The Morgan fingerprint density at radius 3 is 2.27 bits per heavy atom. The predicted molar refractivity (Wildman–Crippen MR) is 112 cm³/mol. The van der Waals surface area contributed by atoms with E-state index < -0.39 is 0 Å². The Bertz CT molecular complexity index is 553. The third kappa shape index (κ3) is 6.12. The Kier molecular flexibility index (Phi) is 9.39. The van der Waals surface area contributed by atoms with E-state index in [9.17, 15) is 4.79 Å². The normalized spacial score (nSPS) is 25.2. The van der Waals surface area contributed by atoms with Crippen molar-refractivity contribution in [3.8, 4) is 0 Å². The lowest BCUT2D eigenvalue weighted by atomic mass is 9.89. The van der Waals surface area contributed by atoms with Crippen molar-refractivity contribution < 1.29 is 4.79 Å². The molecule has 0 spiro atoms. The summed E-state index contributed by atoms with van der Waals surface area (Å²) in [5.74, 6) is 0.765. The number of halogens is 2. The van der Waals surface area contributed by atoms with Gasteiger partial charge in [-0.3, -0.25) is 4.79 Å². The summed E-state index contributed by atoms with van der Waals surface area (Å²) in [6, 6.07) is 10.1. The van der Waals surface area contributed by atoms with E-state index in [2.05, 4.69) is 60.8 Å². The molecule has 3 atom stereocenters. The van der Waals surface area contributed by atoms with E-state index in [0.717, 1.165) is 0 Å². The van der Waals surface area contributed by atoms with Crippen molar-refractivity contribution >= 4 is 30.7 Å². The Balaban J connectivity index is 0.00000169. The van der Waals surface area contributed by atoms with Gasteiger partial charge in [-0.2, -0.15) is 0 Å². The first-order valence-corrected chi connectivity index (χ1v) is 9.27. The van der Waals surface area contributed by atoms with Gasteiger partial charge in [-0.1, -0.05) is 29.8 Å². The molecule has 26 heavy (non-hydrogen) atoms. The summed E-state index contributed by atoms with van der Waals surface area (Å²) in [5.41, 5.74) is 2.52. The molecule has 2 N–H and O–H groups in total. The summed E-state index contributed by atoms with van der Waals surface area (Å²) in [4.78, 5) is 14.6. The van der Waals surface area contributed by atoms with Crippen LogP contribution in [0.25, 0.3) is 0 Å². The van der Waals surface area contributed by atoms with Crippen molar-refractivity contribution in [2.24, 2.45) is 5.92 Å². The molecule has 2 aliphatic heterocycles. The van der Waals surface area contributed by atoms with Crippen molar-refractivity contribution in [2.45, 2.75) is 57.2 Å². The summed E-state index contributed by atoms with van der Waals surface area (Å²) in [6.45, 7) is 2.77. The van der Waals surface area contributed by atoms with E-state index in [1.54, 1.807) is 0 Å². The molecule has 4 nitrogen and oxygen atoms in total. The fourth-order valence-electron chi connectivity index (χ4n) is 4.27. The van der Waals surface area contributed by atoms with E-state index in [0.29, 0.717) is 31.0 Å². The van der Waals surface area contributed by atoms with E-state index >= 15 is 0 Å². The molecule has 0 saturated carbocycles. The van der Waals surface area contributed by atoms with E-state index in [1.807, 2.05) is 0 Å². The number of nitrogens with zero attached hydrogens (tertiary/aromatic N) is 1. The van der Waals surface area contributed by atoms with Gasteiger partial charge >= 0.3 is 0 Å². The second-order valence-corrected chi connectivity index (χ2v) is 7.87. The fourth-order valence-corrected chi connectivity index (χ4v) is 4.27. The predicted octanol–water partition coefficient (Wildman–Crippen LogP) is 3.48. The molecule has 2 saturated heterocycles. The van der Waals surface area contributed by atoms with E-state index in [-0.39, 0.29) is 36.8 Å². The van der Waals surface area contributed by atoms with Crippen molar-refractivity contribution in [3.63, 3.8) is 0 Å². The molecule has 2 aliphatic rings. The number of aryl methyl sites for hydroxylation is 1. The lowest BCUT2D eigenvalue weighted by molar-refractivity contribution is -0.122. The van der Waals surface area contributed by atoms with E-state index in [4.69, 9.17) is 0 Å². The van der Waals surface area contributed by atoms with Crippen LogP contribution in [0.2, 0.25) is 0 Å². The molecule has 1 aromatic rings. The second kappa shape index (κ2) is 10.5. The molecule has 148 valence electrons. The van der Waals surface area contributed by atoms with Crippen LogP contribution in [0.1, 0.15) is 49.3 Å². The van der Waals surface area contributed by atoms with Crippen LogP contribution >= 0.6 is 24.8 Å². The van der Waals surface area contributed by atoms with Crippen molar-refractivity contribution in [1.29, 1.82) is 0 Å². The van der Waals surface area contributed by atoms with Crippen LogP contribution in [-0.2, 0) is 4.79 Å². The zero-order valence-electron chi connectivity index (χ0n) is 16.0. The lowest BCUT2D eigenvalue weighted by Gasteiger charge is -2.29. The van der Waals surface area contributed by atoms with Gasteiger partial charge < -0.3 is 15.5 Å². The lowest BCUT2D eigenvalue weighted by Crippen LogP contribution is -2.40. The number of piperidine rings is 1. The molecule has 2 fully saturated rings. The quantitative estimate of drug-likeness (QED) is 0.766. The molecule has 0 radical (unpaired) electrons. The largest absolute Gasteiger partial charge is 0.354 e. The molecule has 1 amide bonds. The third-order valence-electron chi connectivity index (χ3n) is 5.62. The van der Waals surface area contributed by atoms with Gasteiger partial charge in [0.25, 0.3) is 0 Å². The van der Waals surface area contributed by atoms with Crippen molar-refractivity contribution in [3.05, 3.63) is 35.4 Å². The molecule has 3 rings (SSSR count). The number of rotatable bonds is 6. The first kappa shape index (κ1) is 23.2. The summed E-state index contributed by atoms with van der Waals surface area (Å²) in [6.07, 6.45) is 5.60. The topological polar surface area (TPSA) is 44.4 Å². The Morgan fingerprint density at radius 1 is 1.15 bits per heavy atom. The standard InChI is InChI=1S/C20H31N3O.2ClH/c1-14-4-6-16(7-5-14)19(23(2)3)13-21-20(24)12-15-10-17-8-9-18(11-15)22-17;;/h4-7,15,17-19,22H,8-13H2,1-3H3,(H,21,24);2*1H. The minimum absolute atomic E-state index is 0. The van der Waals surface area contributed by atoms with Crippen LogP contribution in [0.4, 0.5) is 0 Å². The van der Waals surface area contributed by atoms with Gasteiger partial charge in [0.2, 0.25) is 5.91 Å². The number of fused-ring (bicyclic) bond motifs is 2. The minimum Gasteiger partial charge on any atom is -0.354 e. The number of nitrogens with one attached hydrogen (secondary N) is 2. The molecule has 1 aromatic carbocycles. The maximum Gasteiger partial charge on any atom is 0.220 e. The smallest absolute Gasteiger partial charge is 0.220 e. The van der Waals surface area contributed by atoms with Crippen LogP contribution in [-0.4, -0.2) is 43.5 Å².